The molecule has 1 aliphatic heterocycles. The van der Waals surface area contributed by atoms with Crippen molar-refractivity contribution < 1.29 is 14.3 Å². The van der Waals surface area contributed by atoms with Crippen molar-refractivity contribution in [3.05, 3.63) is 40.9 Å². The van der Waals surface area contributed by atoms with Crippen LogP contribution in [0, 0.1) is 0 Å². The molecule has 2 heterocycles. The van der Waals surface area contributed by atoms with Crippen molar-refractivity contribution in [2.45, 2.75) is 12.6 Å². The number of nitrogens with one attached hydrogen (secondary N) is 1. The molecule has 1 atom stereocenters. The summed E-state index contributed by atoms with van der Waals surface area (Å²) in [5.74, 6) is 1.24. The summed E-state index contributed by atoms with van der Waals surface area (Å²) in [5.41, 5.74) is 6.13. The largest absolute Gasteiger partial charge is 0.493 e. The van der Waals surface area contributed by atoms with Crippen LogP contribution in [0.3, 0.4) is 0 Å². The number of carbonyl (C=O) groups excluding carboxylic acids is 1. The average Bonchev–Trinajstić information content (AvgIpc) is 3.06. The first-order valence-electron chi connectivity index (χ1n) is 8.69. The number of methoxy groups -OCH3 is 1. The minimum Gasteiger partial charge on any atom is -0.493 e. The fourth-order valence-corrected chi connectivity index (χ4v) is 3.56. The minimum atomic E-state index is -0.573. The number of carbonyl (C=O) groups is 1. The summed E-state index contributed by atoms with van der Waals surface area (Å²) < 4.78 is 12.8. The van der Waals surface area contributed by atoms with Gasteiger partial charge in [-0.1, -0.05) is 11.6 Å². The standard InChI is InChI=1S/C18H24ClN5O3.ClH/c1-23-5-4-22-18(23)14-9-21-3-6-24(14)10-12-7-13(19)17(15(8-12)26-2)27-11-16(20)25;/h4-5,7-8,14,21H,3,6,9-11H2,1-2H3,(H2,20,25);1H. The Morgan fingerprint density at radius 2 is 2.25 bits per heavy atom. The maximum Gasteiger partial charge on any atom is 0.255 e. The zero-order chi connectivity index (χ0) is 19.4. The Morgan fingerprint density at radius 3 is 2.89 bits per heavy atom. The van der Waals surface area contributed by atoms with Crippen LogP contribution >= 0.6 is 24.0 Å². The molecule has 0 bridgehead atoms. The van der Waals surface area contributed by atoms with Crippen LogP contribution in [0.15, 0.2) is 24.5 Å². The highest BCUT2D eigenvalue weighted by molar-refractivity contribution is 6.32. The number of imidazole rings is 1. The van der Waals surface area contributed by atoms with Crippen molar-refractivity contribution in [2.75, 3.05) is 33.4 Å². The number of piperazine rings is 1. The van der Waals surface area contributed by atoms with E-state index in [9.17, 15) is 4.79 Å². The van der Waals surface area contributed by atoms with Crippen LogP contribution in [0.2, 0.25) is 5.02 Å². The minimum absolute atomic E-state index is 0. The number of hydrogen-bond donors (Lipinski definition) is 2. The molecule has 8 nitrogen and oxygen atoms in total. The van der Waals surface area contributed by atoms with E-state index in [-0.39, 0.29) is 25.1 Å². The van der Waals surface area contributed by atoms with Crippen LogP contribution in [0.5, 0.6) is 11.5 Å². The lowest BCUT2D eigenvalue weighted by Crippen LogP contribution is -2.46. The predicted molar refractivity (Wildman–Crippen MR) is 109 cm³/mol. The van der Waals surface area contributed by atoms with Crippen LogP contribution in [0.4, 0.5) is 0 Å². The zero-order valence-corrected chi connectivity index (χ0v) is 17.4. The second-order valence-corrected chi connectivity index (χ2v) is 6.86. The van der Waals surface area contributed by atoms with Gasteiger partial charge in [-0.3, -0.25) is 9.69 Å². The van der Waals surface area contributed by atoms with Gasteiger partial charge in [0.05, 0.1) is 18.2 Å². The lowest BCUT2D eigenvalue weighted by Gasteiger charge is -2.35. The van der Waals surface area contributed by atoms with Crippen LogP contribution in [0.1, 0.15) is 17.4 Å². The topological polar surface area (TPSA) is 94.6 Å². The van der Waals surface area contributed by atoms with E-state index >= 15 is 0 Å². The van der Waals surface area contributed by atoms with E-state index in [0.29, 0.717) is 23.1 Å². The number of ether oxygens (including phenoxy) is 2. The van der Waals surface area contributed by atoms with Crippen molar-refractivity contribution in [2.24, 2.45) is 12.8 Å². The van der Waals surface area contributed by atoms with E-state index in [4.69, 9.17) is 26.8 Å². The molecule has 1 saturated heterocycles. The molecule has 154 valence electrons. The van der Waals surface area contributed by atoms with Crippen molar-refractivity contribution >= 4 is 29.9 Å². The Balaban J connectivity index is 0.00000280. The number of amides is 1. The molecular formula is C18H25Cl2N5O3. The highest BCUT2D eigenvalue weighted by Gasteiger charge is 2.27. The molecule has 3 N–H and O–H groups in total. The Hall–Kier alpha value is -2.00. The molecule has 1 aromatic carbocycles. The quantitative estimate of drug-likeness (QED) is 0.692. The van der Waals surface area contributed by atoms with Gasteiger partial charge in [0.25, 0.3) is 5.91 Å². The molecule has 1 fully saturated rings. The lowest BCUT2D eigenvalue weighted by atomic mass is 10.1. The van der Waals surface area contributed by atoms with E-state index < -0.39 is 5.91 Å². The SMILES string of the molecule is COc1cc(CN2CCNCC2c2nccn2C)cc(Cl)c1OCC(N)=O.Cl. The third-order valence-electron chi connectivity index (χ3n) is 4.54. The van der Waals surface area contributed by atoms with E-state index in [1.807, 2.05) is 36.1 Å². The third-order valence-corrected chi connectivity index (χ3v) is 4.83. The number of nitrogens with two attached hydrogens (primary N) is 1. The lowest BCUT2D eigenvalue weighted by molar-refractivity contribution is -0.119. The number of aryl methyl sites for hydroxylation is 1. The van der Waals surface area contributed by atoms with Crippen LogP contribution in [-0.2, 0) is 18.4 Å². The number of primary amides is 1. The van der Waals surface area contributed by atoms with Gasteiger partial charge in [0, 0.05) is 45.6 Å². The van der Waals surface area contributed by atoms with Gasteiger partial charge >= 0.3 is 0 Å². The normalized spacial score (nSPS) is 17.0. The molecule has 1 amide bonds. The van der Waals surface area contributed by atoms with Crippen molar-refractivity contribution in [3.8, 4) is 11.5 Å². The number of hydrogen-bond acceptors (Lipinski definition) is 6. The van der Waals surface area contributed by atoms with E-state index in [1.165, 1.54) is 7.11 Å². The van der Waals surface area contributed by atoms with E-state index in [0.717, 1.165) is 31.0 Å². The van der Waals surface area contributed by atoms with Gasteiger partial charge in [-0.25, -0.2) is 4.98 Å². The molecule has 2 aromatic rings. The highest BCUT2D eigenvalue weighted by atomic mass is 35.5. The Labute approximate surface area is 175 Å². The van der Waals surface area contributed by atoms with Gasteiger partial charge in [0.1, 0.15) is 5.82 Å². The van der Waals surface area contributed by atoms with Crippen LogP contribution in [0.25, 0.3) is 0 Å². The Kier molecular flexibility index (Phi) is 7.94. The number of nitrogens with zero attached hydrogens (tertiary/aromatic N) is 3. The second kappa shape index (κ2) is 9.97. The molecule has 0 saturated carbocycles. The van der Waals surface area contributed by atoms with Crippen LogP contribution in [-0.4, -0.2) is 53.7 Å². The first-order chi connectivity index (χ1) is 13.0. The third kappa shape index (κ3) is 5.08. The number of halogens is 2. The van der Waals surface area contributed by atoms with E-state index in [2.05, 4.69) is 15.2 Å². The first-order valence-corrected chi connectivity index (χ1v) is 9.07. The average molecular weight is 430 g/mol. The predicted octanol–water partition coefficient (Wildman–Crippen LogP) is 1.51. The van der Waals surface area contributed by atoms with Crippen molar-refractivity contribution in [3.63, 3.8) is 0 Å². The van der Waals surface area contributed by atoms with Crippen LogP contribution < -0.4 is 20.5 Å². The molecule has 28 heavy (non-hydrogen) atoms. The molecule has 1 aliphatic rings. The molecule has 0 radical (unpaired) electrons. The monoisotopic (exact) mass is 429 g/mol. The van der Waals surface area contributed by atoms with Gasteiger partial charge in [-0.05, 0) is 17.7 Å². The number of rotatable bonds is 7. The molecule has 3 rings (SSSR count). The summed E-state index contributed by atoms with van der Waals surface area (Å²) in [6, 6.07) is 3.87. The summed E-state index contributed by atoms with van der Waals surface area (Å²) in [7, 11) is 3.54. The molecule has 0 aliphatic carbocycles. The van der Waals surface area contributed by atoms with Crippen molar-refractivity contribution in [1.82, 2.24) is 19.8 Å². The summed E-state index contributed by atoms with van der Waals surface area (Å²) >= 11 is 6.37. The molecule has 1 unspecified atom stereocenters. The maximum absolute atomic E-state index is 11.0. The molecule has 10 heteroatoms. The van der Waals surface area contributed by atoms with Gasteiger partial charge in [-0.2, -0.15) is 0 Å². The number of benzene rings is 1. The zero-order valence-electron chi connectivity index (χ0n) is 15.9. The van der Waals surface area contributed by atoms with Gasteiger partial charge in [-0.15, -0.1) is 12.4 Å². The second-order valence-electron chi connectivity index (χ2n) is 6.45. The van der Waals surface area contributed by atoms with E-state index in [1.54, 1.807) is 0 Å². The first kappa shape index (κ1) is 22.3. The van der Waals surface area contributed by atoms with Gasteiger partial charge < -0.3 is 25.1 Å². The maximum atomic E-state index is 11.0. The summed E-state index contributed by atoms with van der Waals surface area (Å²) in [5, 5.41) is 3.81. The molecule has 0 spiro atoms. The number of aromatic nitrogens is 2. The highest BCUT2D eigenvalue weighted by Crippen LogP contribution is 2.37. The fourth-order valence-electron chi connectivity index (χ4n) is 3.27. The molecular weight excluding hydrogens is 405 g/mol. The smallest absolute Gasteiger partial charge is 0.255 e. The summed E-state index contributed by atoms with van der Waals surface area (Å²) in [6.45, 7) is 3.05. The Morgan fingerprint density at radius 1 is 1.46 bits per heavy atom. The summed E-state index contributed by atoms with van der Waals surface area (Å²) in [6.07, 6.45) is 3.76. The van der Waals surface area contributed by atoms with Crippen molar-refractivity contribution in [1.29, 1.82) is 0 Å². The van der Waals surface area contributed by atoms with Gasteiger partial charge in [0.2, 0.25) is 0 Å². The summed E-state index contributed by atoms with van der Waals surface area (Å²) in [4.78, 5) is 17.8. The fraction of sp³-hybridized carbons (Fsp3) is 0.444. The molecule has 1 aromatic heterocycles. The van der Waals surface area contributed by atoms with Gasteiger partial charge in [0.15, 0.2) is 18.1 Å². The Bertz CT molecular complexity index is 815.